The van der Waals surface area contributed by atoms with E-state index < -0.39 is 12.1 Å². The minimum absolute atomic E-state index is 0.0415. The fraction of sp³-hybridized carbons (Fsp3) is 0.571. The van der Waals surface area contributed by atoms with E-state index in [0.29, 0.717) is 0 Å². The third-order valence-electron chi connectivity index (χ3n) is 3.86. The number of phenols is 1. The van der Waals surface area contributed by atoms with Crippen LogP contribution < -0.4 is 5.73 Å². The predicted molar refractivity (Wildman–Crippen MR) is 72.6 cm³/mol. The lowest BCUT2D eigenvalue weighted by molar-refractivity contribution is 0.0618. The average Bonchev–Trinajstić information content (AvgIpc) is 2.41. The molecule has 1 aromatic rings. The minimum Gasteiger partial charge on any atom is -0.506 e. The van der Waals surface area contributed by atoms with E-state index in [-0.39, 0.29) is 16.7 Å². The second-order valence-electron chi connectivity index (χ2n) is 5.13. The van der Waals surface area contributed by atoms with Crippen LogP contribution in [0.3, 0.4) is 0 Å². The van der Waals surface area contributed by atoms with Gasteiger partial charge in [-0.05, 0) is 36.5 Å². The topological polar surface area (TPSA) is 66.5 Å². The molecule has 0 aliphatic heterocycles. The van der Waals surface area contributed by atoms with Crippen LogP contribution in [0.15, 0.2) is 18.2 Å². The number of aromatic hydroxyl groups is 1. The molecular weight excluding hydrogens is 250 g/mol. The highest BCUT2D eigenvalue weighted by Crippen LogP contribution is 2.33. The van der Waals surface area contributed by atoms with Crippen molar-refractivity contribution in [1.29, 1.82) is 0 Å². The van der Waals surface area contributed by atoms with Gasteiger partial charge in [-0.15, -0.1) is 0 Å². The van der Waals surface area contributed by atoms with Crippen LogP contribution in [0.1, 0.15) is 43.7 Å². The number of aliphatic hydroxyl groups excluding tert-OH is 1. The first-order valence-corrected chi connectivity index (χ1v) is 6.89. The van der Waals surface area contributed by atoms with Gasteiger partial charge in [0, 0.05) is 0 Å². The maximum Gasteiger partial charge on any atom is 0.134 e. The van der Waals surface area contributed by atoms with E-state index in [1.54, 1.807) is 12.1 Å². The van der Waals surface area contributed by atoms with Crippen LogP contribution in [0.2, 0.25) is 5.02 Å². The van der Waals surface area contributed by atoms with E-state index in [1.807, 2.05) is 0 Å². The largest absolute Gasteiger partial charge is 0.506 e. The number of aliphatic hydroxyl groups is 1. The van der Waals surface area contributed by atoms with E-state index >= 15 is 0 Å². The highest BCUT2D eigenvalue weighted by atomic mass is 35.5. The van der Waals surface area contributed by atoms with Gasteiger partial charge in [0.25, 0.3) is 0 Å². The van der Waals surface area contributed by atoms with Gasteiger partial charge >= 0.3 is 0 Å². The summed E-state index contributed by atoms with van der Waals surface area (Å²) in [7, 11) is 0. The van der Waals surface area contributed by atoms with Crippen molar-refractivity contribution in [2.45, 2.75) is 44.2 Å². The molecule has 1 aliphatic rings. The van der Waals surface area contributed by atoms with Gasteiger partial charge in [0.2, 0.25) is 0 Å². The first-order valence-electron chi connectivity index (χ1n) is 6.51. The molecule has 2 atom stereocenters. The van der Waals surface area contributed by atoms with Gasteiger partial charge in [0.1, 0.15) is 5.75 Å². The van der Waals surface area contributed by atoms with Crippen LogP contribution in [0.5, 0.6) is 5.75 Å². The molecule has 1 aliphatic carbocycles. The molecule has 18 heavy (non-hydrogen) atoms. The van der Waals surface area contributed by atoms with E-state index in [4.69, 9.17) is 17.3 Å². The van der Waals surface area contributed by atoms with Crippen molar-refractivity contribution < 1.29 is 10.2 Å². The molecule has 0 spiro atoms. The number of hydrogen-bond donors (Lipinski definition) is 3. The third kappa shape index (κ3) is 2.97. The summed E-state index contributed by atoms with van der Waals surface area (Å²) in [6, 6.07) is 4.43. The summed E-state index contributed by atoms with van der Waals surface area (Å²) < 4.78 is 0. The second-order valence-corrected chi connectivity index (χ2v) is 5.53. The molecule has 0 saturated heterocycles. The summed E-state index contributed by atoms with van der Waals surface area (Å²) in [6.07, 6.45) is 5.14. The molecule has 4 N–H and O–H groups in total. The van der Waals surface area contributed by atoms with Crippen molar-refractivity contribution in [3.05, 3.63) is 28.8 Å². The van der Waals surface area contributed by atoms with Crippen molar-refractivity contribution in [2.24, 2.45) is 11.7 Å². The van der Waals surface area contributed by atoms with Crippen LogP contribution in [-0.4, -0.2) is 16.3 Å². The van der Waals surface area contributed by atoms with E-state index in [0.717, 1.165) is 18.4 Å². The maximum absolute atomic E-state index is 10.3. The molecule has 2 rings (SSSR count). The summed E-state index contributed by atoms with van der Waals surface area (Å²) >= 11 is 5.86. The lowest BCUT2D eigenvalue weighted by Crippen LogP contribution is -2.34. The molecule has 1 saturated carbocycles. The van der Waals surface area contributed by atoms with Gasteiger partial charge in [-0.3, -0.25) is 0 Å². The van der Waals surface area contributed by atoms with E-state index in [9.17, 15) is 10.2 Å². The first-order chi connectivity index (χ1) is 8.59. The number of nitrogens with two attached hydrogens (primary N) is 1. The van der Waals surface area contributed by atoms with E-state index in [1.165, 1.54) is 25.3 Å². The normalized spacial score (nSPS) is 20.6. The summed E-state index contributed by atoms with van der Waals surface area (Å²) in [4.78, 5) is 0. The molecule has 0 radical (unpaired) electrons. The molecule has 0 bridgehead atoms. The van der Waals surface area contributed by atoms with Gasteiger partial charge in [-0.2, -0.15) is 0 Å². The Bertz CT molecular complexity index is 405. The lowest BCUT2D eigenvalue weighted by Gasteiger charge is -2.30. The fourth-order valence-electron chi connectivity index (χ4n) is 2.70. The Morgan fingerprint density at radius 3 is 2.50 bits per heavy atom. The average molecular weight is 270 g/mol. The maximum atomic E-state index is 10.3. The Labute approximate surface area is 113 Å². The Kier molecular flexibility index (Phi) is 4.49. The van der Waals surface area contributed by atoms with Gasteiger partial charge in [-0.1, -0.05) is 36.9 Å². The molecule has 0 aromatic heterocycles. The zero-order valence-corrected chi connectivity index (χ0v) is 11.1. The van der Waals surface area contributed by atoms with Crippen LogP contribution in [0, 0.1) is 5.92 Å². The molecule has 100 valence electrons. The summed E-state index contributed by atoms with van der Waals surface area (Å²) in [5.74, 6) is 0.320. The molecule has 1 fully saturated rings. The lowest BCUT2D eigenvalue weighted by atomic mass is 9.81. The van der Waals surface area contributed by atoms with Crippen molar-refractivity contribution >= 4 is 11.6 Å². The van der Waals surface area contributed by atoms with Crippen LogP contribution in [-0.2, 0) is 0 Å². The smallest absolute Gasteiger partial charge is 0.134 e. The Hall–Kier alpha value is -0.770. The summed E-state index contributed by atoms with van der Waals surface area (Å²) in [6.45, 7) is 0. The van der Waals surface area contributed by atoms with Crippen LogP contribution in [0.4, 0.5) is 0 Å². The summed E-state index contributed by atoms with van der Waals surface area (Å²) in [5.41, 5.74) is 6.87. The molecule has 0 unspecified atom stereocenters. The minimum atomic E-state index is -0.536. The second kappa shape index (κ2) is 5.91. The van der Waals surface area contributed by atoms with Gasteiger partial charge < -0.3 is 15.9 Å². The number of halogens is 1. The molecular formula is C14H20ClNO2. The number of phenolic OH excluding ortho intramolecular Hbond substituents is 1. The number of benzene rings is 1. The van der Waals surface area contributed by atoms with Gasteiger partial charge in [0.05, 0.1) is 17.2 Å². The molecule has 4 heteroatoms. The number of rotatable bonds is 3. The van der Waals surface area contributed by atoms with Crippen molar-refractivity contribution in [3.63, 3.8) is 0 Å². The van der Waals surface area contributed by atoms with Crippen LogP contribution >= 0.6 is 11.6 Å². The fourth-order valence-corrected chi connectivity index (χ4v) is 2.89. The Morgan fingerprint density at radius 1 is 1.22 bits per heavy atom. The SMILES string of the molecule is N[C@H](c1ccc(O)c(Cl)c1)[C@@H](O)C1CCCCC1. The molecule has 3 nitrogen and oxygen atoms in total. The van der Waals surface area contributed by atoms with Crippen molar-refractivity contribution in [3.8, 4) is 5.75 Å². The standard InChI is InChI=1S/C14H20ClNO2/c15-11-8-10(6-7-12(11)17)13(16)14(18)9-4-2-1-3-5-9/h6-9,13-14,17-18H,1-5,16H2/t13-,14+/m1/s1. The zero-order valence-electron chi connectivity index (χ0n) is 10.3. The third-order valence-corrected chi connectivity index (χ3v) is 4.16. The predicted octanol–water partition coefficient (Wildman–Crippen LogP) is 2.99. The van der Waals surface area contributed by atoms with Gasteiger partial charge in [-0.25, -0.2) is 0 Å². The van der Waals surface area contributed by atoms with Crippen LogP contribution in [0.25, 0.3) is 0 Å². The highest BCUT2D eigenvalue weighted by Gasteiger charge is 2.27. The monoisotopic (exact) mass is 269 g/mol. The van der Waals surface area contributed by atoms with E-state index in [2.05, 4.69) is 0 Å². The highest BCUT2D eigenvalue weighted by molar-refractivity contribution is 6.32. The number of hydrogen-bond acceptors (Lipinski definition) is 3. The summed E-state index contributed by atoms with van der Waals surface area (Å²) in [5, 5.41) is 20.0. The molecule has 1 aromatic carbocycles. The first kappa shape index (κ1) is 13.7. The van der Waals surface area contributed by atoms with Gasteiger partial charge in [0.15, 0.2) is 0 Å². The zero-order chi connectivity index (χ0) is 13.1. The van der Waals surface area contributed by atoms with Crippen molar-refractivity contribution in [1.82, 2.24) is 0 Å². The quantitative estimate of drug-likeness (QED) is 0.790. The molecule has 0 heterocycles. The molecule has 0 amide bonds. The Morgan fingerprint density at radius 2 is 1.89 bits per heavy atom. The Balaban J connectivity index is 2.09. The van der Waals surface area contributed by atoms with Crippen molar-refractivity contribution in [2.75, 3.05) is 0 Å².